The molecule has 0 spiro atoms. The highest BCUT2D eigenvalue weighted by atomic mass is 79.9. The van der Waals surface area contributed by atoms with Gasteiger partial charge in [-0.15, -0.1) is 0 Å². The maximum absolute atomic E-state index is 4.37. The van der Waals surface area contributed by atoms with Gasteiger partial charge in [0.1, 0.15) is 4.60 Å². The minimum absolute atomic E-state index is 0.705. The normalized spacial score (nSPS) is 10.4. The fourth-order valence-corrected chi connectivity index (χ4v) is 2.28. The molecule has 4 nitrogen and oxygen atoms in total. The number of para-hydroxylation sites is 1. The SMILES string of the molecule is Brc1ncccc1NCc1cnn(-c2ccccc2)c1. The van der Waals surface area contributed by atoms with E-state index in [0.717, 1.165) is 21.5 Å². The van der Waals surface area contributed by atoms with Gasteiger partial charge in [-0.2, -0.15) is 5.10 Å². The van der Waals surface area contributed by atoms with Gasteiger partial charge >= 0.3 is 0 Å². The molecule has 0 amide bonds. The molecule has 1 aromatic carbocycles. The molecule has 0 aliphatic heterocycles. The Balaban J connectivity index is 1.71. The molecule has 1 N–H and O–H groups in total. The second kappa shape index (κ2) is 5.88. The molecule has 0 fully saturated rings. The van der Waals surface area contributed by atoms with E-state index in [0.29, 0.717) is 6.54 Å². The lowest BCUT2D eigenvalue weighted by molar-refractivity contribution is 0.880. The molecule has 0 bridgehead atoms. The van der Waals surface area contributed by atoms with E-state index in [1.807, 2.05) is 59.5 Å². The van der Waals surface area contributed by atoms with Crippen molar-refractivity contribution in [3.63, 3.8) is 0 Å². The van der Waals surface area contributed by atoms with E-state index in [1.165, 1.54) is 0 Å². The highest BCUT2D eigenvalue weighted by Crippen LogP contribution is 2.19. The number of nitrogens with one attached hydrogen (secondary N) is 1. The van der Waals surface area contributed by atoms with E-state index < -0.39 is 0 Å². The third-order valence-electron chi connectivity index (χ3n) is 2.90. The molecule has 0 unspecified atom stereocenters. The summed E-state index contributed by atoms with van der Waals surface area (Å²) in [4.78, 5) is 4.18. The molecular formula is C15H13BrN4. The van der Waals surface area contributed by atoms with Crippen molar-refractivity contribution < 1.29 is 0 Å². The molecule has 100 valence electrons. The molecule has 0 aliphatic rings. The van der Waals surface area contributed by atoms with E-state index in [9.17, 15) is 0 Å². The average Bonchev–Trinajstić information content (AvgIpc) is 2.96. The maximum atomic E-state index is 4.37. The number of nitrogens with zero attached hydrogens (tertiary/aromatic N) is 3. The monoisotopic (exact) mass is 328 g/mol. The Bertz CT molecular complexity index is 694. The highest BCUT2D eigenvalue weighted by molar-refractivity contribution is 9.10. The summed E-state index contributed by atoms with van der Waals surface area (Å²) in [7, 11) is 0. The summed E-state index contributed by atoms with van der Waals surface area (Å²) in [6, 6.07) is 13.9. The number of benzene rings is 1. The van der Waals surface area contributed by atoms with Crippen molar-refractivity contribution in [3.8, 4) is 5.69 Å². The minimum Gasteiger partial charge on any atom is -0.379 e. The van der Waals surface area contributed by atoms with Crippen LogP contribution < -0.4 is 5.32 Å². The number of anilines is 1. The van der Waals surface area contributed by atoms with E-state index in [2.05, 4.69) is 31.3 Å². The number of aromatic nitrogens is 3. The van der Waals surface area contributed by atoms with E-state index in [4.69, 9.17) is 0 Å². The molecule has 0 saturated heterocycles. The van der Waals surface area contributed by atoms with Gasteiger partial charge in [0.05, 0.1) is 17.6 Å². The fraction of sp³-hybridized carbons (Fsp3) is 0.0667. The first-order chi connectivity index (χ1) is 9.83. The van der Waals surface area contributed by atoms with Crippen LogP contribution in [0.1, 0.15) is 5.56 Å². The first-order valence-corrected chi connectivity index (χ1v) is 7.05. The van der Waals surface area contributed by atoms with Crippen LogP contribution in [0.3, 0.4) is 0 Å². The Morgan fingerprint density at radius 1 is 1.10 bits per heavy atom. The molecule has 2 aromatic heterocycles. The van der Waals surface area contributed by atoms with Crippen molar-refractivity contribution in [2.75, 3.05) is 5.32 Å². The Labute approximate surface area is 125 Å². The van der Waals surface area contributed by atoms with Gasteiger partial charge in [-0.25, -0.2) is 9.67 Å². The zero-order valence-corrected chi connectivity index (χ0v) is 12.3. The summed E-state index contributed by atoms with van der Waals surface area (Å²) in [6.07, 6.45) is 5.64. The third kappa shape index (κ3) is 2.88. The second-order valence-corrected chi connectivity index (χ2v) is 5.08. The second-order valence-electron chi connectivity index (χ2n) is 4.32. The van der Waals surface area contributed by atoms with Gasteiger partial charge in [-0.1, -0.05) is 18.2 Å². The van der Waals surface area contributed by atoms with Crippen molar-refractivity contribution in [3.05, 3.63) is 71.2 Å². The van der Waals surface area contributed by atoms with Crippen LogP contribution in [0.15, 0.2) is 65.7 Å². The molecule has 3 rings (SSSR count). The number of hydrogen-bond donors (Lipinski definition) is 1. The predicted molar refractivity (Wildman–Crippen MR) is 82.8 cm³/mol. The number of pyridine rings is 1. The highest BCUT2D eigenvalue weighted by Gasteiger charge is 2.02. The lowest BCUT2D eigenvalue weighted by Crippen LogP contribution is -1.99. The summed E-state index contributed by atoms with van der Waals surface area (Å²) in [6.45, 7) is 0.705. The van der Waals surface area contributed by atoms with Crippen LogP contribution in [-0.2, 0) is 6.54 Å². The lowest BCUT2D eigenvalue weighted by Gasteiger charge is -2.05. The topological polar surface area (TPSA) is 42.7 Å². The van der Waals surface area contributed by atoms with Gasteiger partial charge in [-0.3, -0.25) is 0 Å². The number of hydrogen-bond acceptors (Lipinski definition) is 3. The number of halogens is 1. The average molecular weight is 329 g/mol. The molecule has 0 atom stereocenters. The fourth-order valence-electron chi connectivity index (χ4n) is 1.89. The first kappa shape index (κ1) is 12.9. The quantitative estimate of drug-likeness (QED) is 0.743. The van der Waals surface area contributed by atoms with Crippen LogP contribution in [-0.4, -0.2) is 14.8 Å². The third-order valence-corrected chi connectivity index (χ3v) is 3.53. The largest absolute Gasteiger partial charge is 0.379 e. The van der Waals surface area contributed by atoms with E-state index in [-0.39, 0.29) is 0 Å². The van der Waals surface area contributed by atoms with Gasteiger partial charge in [0, 0.05) is 24.5 Å². The molecule has 20 heavy (non-hydrogen) atoms. The zero-order chi connectivity index (χ0) is 13.8. The minimum atomic E-state index is 0.705. The Morgan fingerprint density at radius 3 is 2.75 bits per heavy atom. The molecular weight excluding hydrogens is 316 g/mol. The first-order valence-electron chi connectivity index (χ1n) is 6.26. The summed E-state index contributed by atoms with van der Waals surface area (Å²) in [5.74, 6) is 0. The molecule has 2 heterocycles. The molecule has 0 aliphatic carbocycles. The van der Waals surface area contributed by atoms with Crippen LogP contribution in [0.5, 0.6) is 0 Å². The van der Waals surface area contributed by atoms with Crippen molar-refractivity contribution in [1.82, 2.24) is 14.8 Å². The van der Waals surface area contributed by atoms with Crippen molar-refractivity contribution in [2.24, 2.45) is 0 Å². The van der Waals surface area contributed by atoms with Gasteiger partial charge < -0.3 is 5.32 Å². The van der Waals surface area contributed by atoms with Crippen molar-refractivity contribution >= 4 is 21.6 Å². The van der Waals surface area contributed by atoms with Crippen LogP contribution in [0, 0.1) is 0 Å². The molecule has 3 aromatic rings. The van der Waals surface area contributed by atoms with E-state index >= 15 is 0 Å². The Hall–Kier alpha value is -2.14. The zero-order valence-electron chi connectivity index (χ0n) is 10.7. The molecule has 5 heteroatoms. The van der Waals surface area contributed by atoms with Gasteiger partial charge in [0.2, 0.25) is 0 Å². The molecule has 0 saturated carbocycles. The van der Waals surface area contributed by atoms with Gasteiger partial charge in [0.15, 0.2) is 0 Å². The summed E-state index contributed by atoms with van der Waals surface area (Å²) >= 11 is 3.42. The summed E-state index contributed by atoms with van der Waals surface area (Å²) < 4.78 is 2.69. The van der Waals surface area contributed by atoms with Crippen LogP contribution in [0.2, 0.25) is 0 Å². The van der Waals surface area contributed by atoms with Crippen LogP contribution in [0.25, 0.3) is 5.69 Å². The van der Waals surface area contributed by atoms with Crippen molar-refractivity contribution in [2.45, 2.75) is 6.54 Å². The van der Waals surface area contributed by atoms with Gasteiger partial charge in [-0.05, 0) is 40.2 Å². The van der Waals surface area contributed by atoms with Crippen molar-refractivity contribution in [1.29, 1.82) is 0 Å². The van der Waals surface area contributed by atoms with Crippen LogP contribution in [0.4, 0.5) is 5.69 Å². The molecule has 0 radical (unpaired) electrons. The smallest absolute Gasteiger partial charge is 0.129 e. The maximum Gasteiger partial charge on any atom is 0.129 e. The Kier molecular flexibility index (Phi) is 3.78. The lowest BCUT2D eigenvalue weighted by atomic mass is 10.3. The van der Waals surface area contributed by atoms with E-state index in [1.54, 1.807) is 6.20 Å². The standard InChI is InChI=1S/C15H13BrN4/c16-15-14(7-4-8-17-15)18-9-12-10-19-20(11-12)13-5-2-1-3-6-13/h1-8,10-11,18H,9H2. The number of rotatable bonds is 4. The summed E-state index contributed by atoms with van der Waals surface area (Å²) in [5.41, 5.74) is 3.14. The van der Waals surface area contributed by atoms with Gasteiger partial charge in [0.25, 0.3) is 0 Å². The van der Waals surface area contributed by atoms with Crippen LogP contribution >= 0.6 is 15.9 Å². The summed E-state index contributed by atoms with van der Waals surface area (Å²) in [5, 5.41) is 7.70. The Morgan fingerprint density at radius 2 is 1.95 bits per heavy atom. The predicted octanol–water partition coefficient (Wildman–Crippen LogP) is 3.64.